The zero-order chi connectivity index (χ0) is 46.7. The number of fused-ring (bicyclic) bond motifs is 6. The van der Waals surface area contributed by atoms with E-state index in [4.69, 9.17) is 23.2 Å². The Labute approximate surface area is 416 Å². The van der Waals surface area contributed by atoms with Crippen molar-refractivity contribution in [2.24, 2.45) is 0 Å². The number of H-pyrrole nitrogens is 2. The minimum Gasteiger partial charge on any atom is -0.354 e. The van der Waals surface area contributed by atoms with Gasteiger partial charge in [0, 0.05) is 64.9 Å². The van der Waals surface area contributed by atoms with Gasteiger partial charge in [-0.2, -0.15) is 0 Å². The van der Waals surface area contributed by atoms with E-state index in [2.05, 4.69) is 228 Å². The van der Waals surface area contributed by atoms with E-state index >= 15 is 0 Å². The van der Waals surface area contributed by atoms with Crippen LogP contribution in [0.5, 0.6) is 0 Å². The van der Waals surface area contributed by atoms with Gasteiger partial charge >= 0.3 is 0 Å². The normalized spacial score (nSPS) is 11.6. The van der Waals surface area contributed by atoms with Gasteiger partial charge in [0.05, 0.1) is 11.0 Å². The van der Waals surface area contributed by atoms with Crippen LogP contribution in [0.3, 0.4) is 0 Å². The number of aromatic amines is 2. The van der Waals surface area contributed by atoms with Crippen molar-refractivity contribution in [3.8, 4) is 89.0 Å². The molecule has 0 atom stereocenters. The number of rotatable bonds is 8. The fraction of sp³-hybridized carbons (Fsp3) is 0. The topological polar surface area (TPSA) is 31.6 Å². The lowest BCUT2D eigenvalue weighted by Gasteiger charge is -2.17. The number of halogens is 2. The lowest BCUT2D eigenvalue weighted by molar-refractivity contribution is 1.52. The Hall–Kier alpha value is -8.40. The summed E-state index contributed by atoms with van der Waals surface area (Å²) in [5, 5.41) is 5.68. The summed E-state index contributed by atoms with van der Waals surface area (Å²) in [5.74, 6) is 0. The van der Waals surface area contributed by atoms with Crippen molar-refractivity contribution >= 4 is 66.8 Å². The van der Waals surface area contributed by atoms with Crippen LogP contribution in [0.1, 0.15) is 0 Å². The maximum Gasteiger partial charge on any atom is 0.0559 e. The molecule has 0 aliphatic rings. The molecule has 0 aliphatic heterocycles. The van der Waals surface area contributed by atoms with E-state index in [1.54, 1.807) is 0 Å². The molecule has 2 nitrogen and oxygen atoms in total. The molecule has 0 spiro atoms. The largest absolute Gasteiger partial charge is 0.354 e. The van der Waals surface area contributed by atoms with Crippen molar-refractivity contribution in [3.05, 3.63) is 253 Å². The van der Waals surface area contributed by atoms with Crippen LogP contribution in [-0.4, -0.2) is 9.97 Å². The third-order valence-corrected chi connectivity index (χ3v) is 14.6. The van der Waals surface area contributed by atoms with Crippen molar-refractivity contribution in [2.75, 3.05) is 0 Å². The molecule has 70 heavy (non-hydrogen) atoms. The van der Waals surface area contributed by atoms with E-state index in [0.717, 1.165) is 77.0 Å². The molecule has 4 heteroatoms. The third-order valence-electron chi connectivity index (χ3n) is 13.9. The van der Waals surface area contributed by atoms with E-state index in [-0.39, 0.29) is 0 Å². The van der Waals surface area contributed by atoms with Crippen LogP contribution in [0.4, 0.5) is 0 Å². The number of benzene rings is 11. The Kier molecular flexibility index (Phi) is 10.3. The van der Waals surface area contributed by atoms with Crippen LogP contribution in [0.2, 0.25) is 10.0 Å². The SMILES string of the molecule is Clc1ccccc1-c1c2[nH]c3cc(-c4c(-c5ccccc5)cccc4-c4ccccc4)ccc3c2c(-c2ccccc2Cl)c2[nH]c3cc(-c4c(-c5ccccc5)cccc4-c4ccccc4)ccc3c12. The van der Waals surface area contributed by atoms with Crippen LogP contribution in [0.15, 0.2) is 243 Å². The van der Waals surface area contributed by atoms with Gasteiger partial charge in [0.15, 0.2) is 0 Å². The van der Waals surface area contributed by atoms with Gasteiger partial charge in [0.2, 0.25) is 0 Å². The molecule has 2 aromatic heterocycles. The number of nitrogens with one attached hydrogen (secondary N) is 2. The van der Waals surface area contributed by atoms with E-state index in [0.29, 0.717) is 10.0 Å². The standard InChI is InChI=1S/C66H42Cl2N2/c67-55-33-15-13-27-51(55)61-63-53-37-35-45(59-47(41-19-5-1-6-20-41)29-17-30-48(59)42-21-7-2-8-22-42)39-57(53)69-65(63)62(52-28-14-16-34-56(52)68)64-54-38-36-46(40-58(54)70-66(61)64)60-49(43-23-9-3-10-24-43)31-18-32-50(60)44-25-11-4-12-26-44/h1-40,69-70H. The summed E-state index contributed by atoms with van der Waals surface area (Å²) in [6.07, 6.45) is 0. The van der Waals surface area contributed by atoms with Crippen LogP contribution >= 0.6 is 23.2 Å². The Morgan fingerprint density at radius 3 is 0.871 bits per heavy atom. The Morgan fingerprint density at radius 2 is 0.543 bits per heavy atom. The Bertz CT molecular complexity index is 3730. The van der Waals surface area contributed by atoms with Crippen molar-refractivity contribution < 1.29 is 0 Å². The molecule has 0 amide bonds. The van der Waals surface area contributed by atoms with E-state index < -0.39 is 0 Å². The van der Waals surface area contributed by atoms with Gasteiger partial charge in [-0.3, -0.25) is 0 Å². The number of hydrogen-bond donors (Lipinski definition) is 2. The Balaban J connectivity index is 1.13. The molecular formula is C66H42Cl2N2. The lowest BCUT2D eigenvalue weighted by Crippen LogP contribution is -1.91. The molecule has 13 rings (SSSR count). The smallest absolute Gasteiger partial charge is 0.0559 e. The quantitative estimate of drug-likeness (QED) is 0.152. The number of aromatic nitrogens is 2. The summed E-state index contributed by atoms with van der Waals surface area (Å²) >= 11 is 14.7. The summed E-state index contributed by atoms with van der Waals surface area (Å²) in [7, 11) is 0. The van der Waals surface area contributed by atoms with Gasteiger partial charge in [-0.15, -0.1) is 0 Å². The molecule has 0 saturated heterocycles. The molecule has 11 aromatic carbocycles. The molecule has 2 N–H and O–H groups in total. The molecule has 0 bridgehead atoms. The maximum atomic E-state index is 7.33. The van der Waals surface area contributed by atoms with Crippen LogP contribution < -0.4 is 0 Å². The highest BCUT2D eigenvalue weighted by molar-refractivity contribution is 6.39. The van der Waals surface area contributed by atoms with E-state index in [9.17, 15) is 0 Å². The summed E-state index contributed by atoms with van der Waals surface area (Å²) in [6, 6.07) is 86.2. The van der Waals surface area contributed by atoms with Crippen molar-refractivity contribution in [1.29, 1.82) is 0 Å². The van der Waals surface area contributed by atoms with E-state index in [1.165, 1.54) is 55.6 Å². The lowest BCUT2D eigenvalue weighted by atomic mass is 9.86. The molecule has 0 fully saturated rings. The fourth-order valence-corrected chi connectivity index (χ4v) is 11.3. The summed E-state index contributed by atoms with van der Waals surface area (Å²) in [6.45, 7) is 0. The van der Waals surface area contributed by atoms with Crippen LogP contribution in [-0.2, 0) is 0 Å². The van der Waals surface area contributed by atoms with Gasteiger partial charge in [-0.25, -0.2) is 0 Å². The molecule has 2 heterocycles. The van der Waals surface area contributed by atoms with Gasteiger partial charge in [-0.05, 0) is 91.0 Å². The van der Waals surface area contributed by atoms with Crippen LogP contribution in [0, 0.1) is 0 Å². The molecule has 330 valence electrons. The molecule has 0 saturated carbocycles. The van der Waals surface area contributed by atoms with Crippen molar-refractivity contribution in [2.45, 2.75) is 0 Å². The highest BCUT2D eigenvalue weighted by Crippen LogP contribution is 2.52. The van der Waals surface area contributed by atoms with Crippen molar-refractivity contribution in [1.82, 2.24) is 9.97 Å². The fourth-order valence-electron chi connectivity index (χ4n) is 10.9. The third kappa shape index (κ3) is 6.95. The monoisotopic (exact) mass is 932 g/mol. The van der Waals surface area contributed by atoms with E-state index in [1.807, 2.05) is 24.3 Å². The second-order valence-corrected chi connectivity index (χ2v) is 18.7. The predicted molar refractivity (Wildman–Crippen MR) is 299 cm³/mol. The first-order valence-electron chi connectivity index (χ1n) is 23.6. The molecule has 0 radical (unpaired) electrons. The summed E-state index contributed by atoms with van der Waals surface area (Å²) in [4.78, 5) is 8.10. The average molecular weight is 934 g/mol. The zero-order valence-electron chi connectivity index (χ0n) is 37.8. The minimum atomic E-state index is 0.675. The van der Waals surface area contributed by atoms with Gasteiger partial charge in [0.1, 0.15) is 0 Å². The van der Waals surface area contributed by atoms with Gasteiger partial charge in [0.25, 0.3) is 0 Å². The highest BCUT2D eigenvalue weighted by atomic mass is 35.5. The van der Waals surface area contributed by atoms with Gasteiger partial charge < -0.3 is 9.97 Å². The average Bonchev–Trinajstić information content (AvgIpc) is 3.99. The summed E-state index contributed by atoms with van der Waals surface area (Å²) < 4.78 is 0. The minimum absolute atomic E-state index is 0.675. The Morgan fingerprint density at radius 1 is 0.243 bits per heavy atom. The molecular weight excluding hydrogens is 892 g/mol. The molecule has 13 aromatic rings. The molecule has 0 aliphatic carbocycles. The molecule has 0 unspecified atom stereocenters. The predicted octanol–water partition coefficient (Wildman–Crippen LogP) is 19.6. The first-order chi connectivity index (χ1) is 34.6. The maximum absolute atomic E-state index is 7.33. The first kappa shape index (κ1) is 41.8. The first-order valence-corrected chi connectivity index (χ1v) is 24.4. The second kappa shape index (κ2) is 17.3. The zero-order valence-corrected chi connectivity index (χ0v) is 39.4. The highest BCUT2D eigenvalue weighted by Gasteiger charge is 2.27. The van der Waals surface area contributed by atoms with Crippen LogP contribution in [0.25, 0.3) is 133 Å². The second-order valence-electron chi connectivity index (χ2n) is 17.9. The number of hydrogen-bond acceptors (Lipinski definition) is 0. The van der Waals surface area contributed by atoms with Crippen molar-refractivity contribution in [3.63, 3.8) is 0 Å². The van der Waals surface area contributed by atoms with Gasteiger partial charge in [-0.1, -0.05) is 242 Å². The summed E-state index contributed by atoms with van der Waals surface area (Å²) in [5.41, 5.74) is 21.9.